The number of thioether (sulfide) groups is 1. The van der Waals surface area contributed by atoms with Crippen molar-refractivity contribution in [3.8, 4) is 0 Å². The zero-order chi connectivity index (χ0) is 34.6. The van der Waals surface area contributed by atoms with Gasteiger partial charge in [-0.2, -0.15) is 13.2 Å². The van der Waals surface area contributed by atoms with Gasteiger partial charge in [-0.05, 0) is 150 Å². The molecule has 2 heterocycles. The molecule has 262 valence electrons. The first-order valence-corrected chi connectivity index (χ1v) is 21.1. The molecule has 10 aliphatic rings. The molecule has 0 N–H and O–H groups in total. The Balaban J connectivity index is 1.08. The van der Waals surface area contributed by atoms with E-state index in [9.17, 15) is 13.2 Å². The quantitative estimate of drug-likeness (QED) is 0.136. The van der Waals surface area contributed by atoms with Crippen molar-refractivity contribution in [3.63, 3.8) is 0 Å². The Bertz CT molecular complexity index is 2580. The Hall–Kier alpha value is -3.58. The fourth-order valence-corrected chi connectivity index (χ4v) is 18.0. The summed E-state index contributed by atoms with van der Waals surface area (Å²) in [5.74, 6) is 4.57. The summed E-state index contributed by atoms with van der Waals surface area (Å²) >= 11 is 0.110. The van der Waals surface area contributed by atoms with Crippen LogP contribution in [-0.4, -0.2) is 23.3 Å². The van der Waals surface area contributed by atoms with Gasteiger partial charge in [-0.1, -0.05) is 72.8 Å². The molecule has 2 nitrogen and oxygen atoms in total. The predicted molar refractivity (Wildman–Crippen MR) is 208 cm³/mol. The monoisotopic (exact) mass is 718 g/mol. The van der Waals surface area contributed by atoms with Crippen LogP contribution in [0.2, 0.25) is 0 Å². The molecule has 8 saturated carbocycles. The van der Waals surface area contributed by atoms with E-state index in [2.05, 4.69) is 82.6 Å². The molecular weight excluding hydrogens is 680 g/mol. The van der Waals surface area contributed by atoms with Gasteiger partial charge in [0.25, 0.3) is 6.71 Å². The number of rotatable bonds is 3. The van der Waals surface area contributed by atoms with Crippen molar-refractivity contribution >= 4 is 79.2 Å². The standard InChI is InChI=1S/C46H38BF3N2S/c48-46(49,50)53-32-17-37-39-38(18-32)52(43-22-30-15-28-16-31(23-43)45(28,30)43)41-34-8-4-2-6-26(34)10-12-36(41)47(39)35-11-9-25-5-1-3-7-33(25)40(35)51(37)42-19-24-13-27-14-29(21-42)44(27,42)20-24/h1-12,17-18,24,27-31H,13-16,19-23H2. The van der Waals surface area contributed by atoms with Crippen molar-refractivity contribution in [2.75, 3.05) is 9.80 Å². The zero-order valence-electron chi connectivity index (χ0n) is 29.4. The molecule has 7 heteroatoms. The maximum absolute atomic E-state index is 14.7. The predicted octanol–water partition coefficient (Wildman–Crippen LogP) is 9.79. The average molecular weight is 719 g/mol. The van der Waals surface area contributed by atoms with Crippen LogP contribution in [0.3, 0.4) is 0 Å². The highest BCUT2D eigenvalue weighted by atomic mass is 32.2. The van der Waals surface area contributed by atoms with Crippen LogP contribution in [0.1, 0.15) is 57.8 Å². The molecule has 2 bridgehead atoms. The van der Waals surface area contributed by atoms with Crippen molar-refractivity contribution in [2.45, 2.75) is 79.3 Å². The molecule has 2 spiro atoms. The molecule has 0 radical (unpaired) electrons. The highest BCUT2D eigenvalue weighted by Gasteiger charge is 2.90. The van der Waals surface area contributed by atoms with Crippen LogP contribution in [0.15, 0.2) is 89.8 Å². The van der Waals surface area contributed by atoms with Crippen LogP contribution in [0.4, 0.5) is 35.9 Å². The molecule has 8 aliphatic carbocycles. The third-order valence-electron chi connectivity index (χ3n) is 18.4. The van der Waals surface area contributed by atoms with E-state index in [4.69, 9.17) is 0 Å². The number of nitrogens with zero attached hydrogens (tertiary/aromatic N) is 2. The lowest BCUT2D eigenvalue weighted by molar-refractivity contribution is -0.385. The summed E-state index contributed by atoms with van der Waals surface area (Å²) < 4.78 is 44.1. The van der Waals surface area contributed by atoms with Crippen LogP contribution in [0, 0.1) is 46.3 Å². The number of anilines is 4. The topological polar surface area (TPSA) is 6.48 Å². The fraction of sp³-hybridized carbons (Fsp3) is 0.435. The maximum atomic E-state index is 14.7. The van der Waals surface area contributed by atoms with Gasteiger partial charge in [-0.15, -0.1) is 0 Å². The summed E-state index contributed by atoms with van der Waals surface area (Å²) in [4.78, 5) is 5.84. The van der Waals surface area contributed by atoms with Crippen LogP contribution in [0.25, 0.3) is 21.5 Å². The molecule has 53 heavy (non-hydrogen) atoms. The van der Waals surface area contributed by atoms with Crippen molar-refractivity contribution < 1.29 is 13.2 Å². The molecule has 2 aliphatic heterocycles. The van der Waals surface area contributed by atoms with Crippen LogP contribution >= 0.6 is 11.8 Å². The number of fused-ring (bicyclic) bond motifs is 9. The van der Waals surface area contributed by atoms with E-state index in [1.807, 2.05) is 12.1 Å². The van der Waals surface area contributed by atoms with Crippen molar-refractivity contribution in [1.29, 1.82) is 0 Å². The molecule has 0 saturated heterocycles. The van der Waals surface area contributed by atoms with E-state index in [0.717, 1.165) is 46.9 Å². The van der Waals surface area contributed by atoms with Gasteiger partial charge >= 0.3 is 5.51 Å². The SMILES string of the molecule is FC(F)(F)Sc1cc2c3c(c1)N(C14CC5CC6CC(C1)C654)c1c(ccc4ccccc14)B3c1ccc3ccccc3c1N2C12CC3CC4CC(C1)C42C3. The van der Waals surface area contributed by atoms with Gasteiger partial charge < -0.3 is 9.80 Å². The van der Waals surface area contributed by atoms with E-state index in [1.165, 1.54) is 107 Å². The maximum Gasteiger partial charge on any atom is 0.446 e. The minimum Gasteiger partial charge on any atom is -0.335 e. The van der Waals surface area contributed by atoms with Gasteiger partial charge in [0.15, 0.2) is 0 Å². The van der Waals surface area contributed by atoms with Gasteiger partial charge in [0.05, 0.1) is 11.1 Å². The zero-order valence-corrected chi connectivity index (χ0v) is 30.2. The molecule has 0 aromatic heterocycles. The third-order valence-corrected chi connectivity index (χ3v) is 19.1. The van der Waals surface area contributed by atoms with Gasteiger partial charge in [0, 0.05) is 43.8 Å². The number of halogens is 3. The number of benzene rings is 5. The summed E-state index contributed by atoms with van der Waals surface area (Å²) in [6, 6.07) is 31.1. The first-order chi connectivity index (χ1) is 25.8. The van der Waals surface area contributed by atoms with E-state index in [1.54, 1.807) is 0 Å². The highest BCUT2D eigenvalue weighted by Crippen LogP contribution is 2.91. The first-order valence-electron chi connectivity index (χ1n) is 20.3. The number of hydrogen-bond acceptors (Lipinski definition) is 3. The molecule has 0 amide bonds. The second-order valence-corrected chi connectivity index (χ2v) is 20.5. The van der Waals surface area contributed by atoms with Gasteiger partial charge in [-0.3, -0.25) is 0 Å². The van der Waals surface area contributed by atoms with Gasteiger partial charge in [0.1, 0.15) is 0 Å². The molecule has 15 rings (SSSR count). The first kappa shape index (κ1) is 28.8. The summed E-state index contributed by atoms with van der Waals surface area (Å²) in [6.45, 7) is -0.0450. The van der Waals surface area contributed by atoms with E-state index < -0.39 is 5.51 Å². The smallest absolute Gasteiger partial charge is 0.335 e. The minimum absolute atomic E-state index is 0.0127. The molecule has 7 atom stereocenters. The number of alkyl halides is 3. The molecule has 8 fully saturated rings. The summed E-state index contributed by atoms with van der Waals surface area (Å²) in [7, 11) is 0. The lowest BCUT2D eigenvalue weighted by Crippen LogP contribution is -2.93. The second-order valence-electron chi connectivity index (χ2n) is 19.3. The lowest BCUT2D eigenvalue weighted by atomic mass is 9.15. The Labute approximate surface area is 311 Å². The second kappa shape index (κ2) is 8.47. The molecule has 7 unspecified atom stereocenters. The van der Waals surface area contributed by atoms with Crippen LogP contribution in [0.5, 0.6) is 0 Å². The summed E-state index contributed by atoms with van der Waals surface area (Å²) in [5, 5.41) is 4.92. The minimum atomic E-state index is -4.37. The normalized spacial score (nSPS) is 40.3. The Morgan fingerprint density at radius 1 is 0.604 bits per heavy atom. The average Bonchev–Trinajstić information content (AvgIpc) is 3.60. The van der Waals surface area contributed by atoms with Crippen LogP contribution in [-0.2, 0) is 0 Å². The van der Waals surface area contributed by atoms with Crippen LogP contribution < -0.4 is 26.2 Å². The number of hydrogen-bond donors (Lipinski definition) is 0. The Morgan fingerprint density at radius 3 is 1.75 bits per heavy atom. The summed E-state index contributed by atoms with van der Waals surface area (Å²) in [6.07, 6.45) is 11.4. The molecular formula is C46H38BF3N2S. The largest absolute Gasteiger partial charge is 0.446 e. The van der Waals surface area contributed by atoms with Gasteiger partial charge in [0.2, 0.25) is 0 Å². The van der Waals surface area contributed by atoms with Crippen molar-refractivity contribution in [3.05, 3.63) is 84.9 Å². The van der Waals surface area contributed by atoms with E-state index >= 15 is 0 Å². The van der Waals surface area contributed by atoms with E-state index in [0.29, 0.717) is 15.7 Å². The van der Waals surface area contributed by atoms with Crippen molar-refractivity contribution in [2.24, 2.45) is 46.3 Å². The fourth-order valence-electron chi connectivity index (χ4n) is 17.3. The van der Waals surface area contributed by atoms with E-state index in [-0.39, 0.29) is 29.6 Å². The third kappa shape index (κ3) is 2.76. The lowest BCUT2D eigenvalue weighted by Gasteiger charge is -2.92. The van der Waals surface area contributed by atoms with Crippen molar-refractivity contribution in [1.82, 2.24) is 0 Å². The molecule has 5 aromatic carbocycles. The highest BCUT2D eigenvalue weighted by molar-refractivity contribution is 8.00. The molecule has 5 aromatic rings. The summed E-state index contributed by atoms with van der Waals surface area (Å²) in [5.41, 5.74) is 4.90. The van der Waals surface area contributed by atoms with Gasteiger partial charge in [-0.25, -0.2) is 0 Å². The Morgan fingerprint density at radius 2 is 1.19 bits per heavy atom. The Kier molecular flexibility index (Phi) is 4.60.